The molecule has 0 radical (unpaired) electrons. The Labute approximate surface area is 113 Å². The maximum absolute atomic E-state index is 2.65. The number of hydrogen-bond acceptors (Lipinski definition) is 2. The molecule has 17 heavy (non-hydrogen) atoms. The lowest BCUT2D eigenvalue weighted by atomic mass is 10.4. The Kier molecular flexibility index (Phi) is 9.50. The third-order valence-corrected chi connectivity index (χ3v) is 9.95. The Morgan fingerprint density at radius 1 is 0.824 bits per heavy atom. The van der Waals surface area contributed by atoms with Crippen molar-refractivity contribution in [2.45, 2.75) is 43.6 Å². The first-order valence-corrected chi connectivity index (χ1v) is 11.7. The van der Waals surface area contributed by atoms with Crippen molar-refractivity contribution in [2.24, 2.45) is 0 Å². The standard InChI is InChI=1S/C13H34N2Si2/c1-14(2)8-6-11-17(5,13-10-16)12-7-9-15(3)4/h6-13H2,1-5,16H3. The molecule has 0 aromatic carbocycles. The highest BCUT2D eigenvalue weighted by Crippen LogP contribution is 2.25. The van der Waals surface area contributed by atoms with E-state index in [1.165, 1.54) is 42.2 Å². The van der Waals surface area contributed by atoms with E-state index in [2.05, 4.69) is 44.5 Å². The number of hydrogen-bond donors (Lipinski definition) is 0. The van der Waals surface area contributed by atoms with Gasteiger partial charge in [-0.3, -0.25) is 0 Å². The fourth-order valence-electron chi connectivity index (χ4n) is 2.62. The molecule has 0 rings (SSSR count). The van der Waals surface area contributed by atoms with Crippen molar-refractivity contribution in [3.63, 3.8) is 0 Å². The van der Waals surface area contributed by atoms with E-state index >= 15 is 0 Å². The molecule has 0 spiro atoms. The predicted molar refractivity (Wildman–Crippen MR) is 87.1 cm³/mol. The minimum Gasteiger partial charge on any atom is -0.309 e. The molecule has 0 heterocycles. The van der Waals surface area contributed by atoms with Crippen LogP contribution in [0.5, 0.6) is 0 Å². The maximum Gasteiger partial charge on any atom is 0.0502 e. The molecule has 4 heteroatoms. The summed E-state index contributed by atoms with van der Waals surface area (Å²) in [5.41, 5.74) is 0. The van der Waals surface area contributed by atoms with E-state index in [-0.39, 0.29) is 0 Å². The van der Waals surface area contributed by atoms with Gasteiger partial charge in [0.05, 0.1) is 8.07 Å². The summed E-state index contributed by atoms with van der Waals surface area (Å²) in [7, 11) is 9.26. The summed E-state index contributed by atoms with van der Waals surface area (Å²) in [5, 5.41) is 0. The van der Waals surface area contributed by atoms with Crippen LogP contribution < -0.4 is 0 Å². The molecule has 0 saturated heterocycles. The molecule has 0 atom stereocenters. The van der Waals surface area contributed by atoms with Crippen LogP contribution in [0.1, 0.15) is 12.8 Å². The molecular formula is C13H34N2Si2. The van der Waals surface area contributed by atoms with Crippen LogP contribution in [-0.4, -0.2) is 69.4 Å². The second kappa shape index (κ2) is 9.31. The Hall–Kier alpha value is 0.354. The van der Waals surface area contributed by atoms with E-state index in [1.807, 2.05) is 0 Å². The number of nitrogens with zero attached hydrogens (tertiary/aromatic N) is 2. The Morgan fingerprint density at radius 2 is 1.24 bits per heavy atom. The number of rotatable bonds is 10. The molecule has 0 aromatic rings. The monoisotopic (exact) mass is 274 g/mol. The van der Waals surface area contributed by atoms with Gasteiger partial charge in [0.2, 0.25) is 0 Å². The average molecular weight is 275 g/mol. The quantitative estimate of drug-likeness (QED) is 0.560. The third kappa shape index (κ3) is 10.0. The lowest BCUT2D eigenvalue weighted by Crippen LogP contribution is -2.32. The Morgan fingerprint density at radius 3 is 1.53 bits per heavy atom. The molecule has 0 aliphatic rings. The van der Waals surface area contributed by atoms with Crippen LogP contribution in [0.15, 0.2) is 0 Å². The molecule has 0 unspecified atom stereocenters. The van der Waals surface area contributed by atoms with Crippen molar-refractivity contribution in [1.82, 2.24) is 9.80 Å². The van der Waals surface area contributed by atoms with E-state index in [0.29, 0.717) is 0 Å². The minimum atomic E-state index is -0.902. The Balaban J connectivity index is 3.97. The summed E-state index contributed by atoms with van der Waals surface area (Å²) < 4.78 is 0. The molecule has 0 aliphatic carbocycles. The van der Waals surface area contributed by atoms with Gasteiger partial charge in [-0.25, -0.2) is 0 Å². The largest absolute Gasteiger partial charge is 0.309 e. The first kappa shape index (κ1) is 17.4. The van der Waals surface area contributed by atoms with E-state index in [0.717, 1.165) is 0 Å². The van der Waals surface area contributed by atoms with Crippen LogP contribution in [0.2, 0.25) is 30.7 Å². The van der Waals surface area contributed by atoms with Crippen LogP contribution in [0.3, 0.4) is 0 Å². The van der Waals surface area contributed by atoms with Crippen LogP contribution in [-0.2, 0) is 0 Å². The molecule has 0 N–H and O–H groups in total. The second-order valence-corrected chi connectivity index (χ2v) is 12.5. The van der Waals surface area contributed by atoms with Crippen LogP contribution in [0.4, 0.5) is 0 Å². The average Bonchev–Trinajstić information content (AvgIpc) is 2.16. The van der Waals surface area contributed by atoms with Gasteiger partial charge >= 0.3 is 0 Å². The molecule has 2 nitrogen and oxygen atoms in total. The highest BCUT2D eigenvalue weighted by Gasteiger charge is 2.24. The zero-order valence-corrected chi connectivity index (χ0v) is 16.1. The molecule has 0 fully saturated rings. The molecular weight excluding hydrogens is 240 g/mol. The van der Waals surface area contributed by atoms with Gasteiger partial charge in [-0.1, -0.05) is 30.7 Å². The Bertz CT molecular complexity index is 170. The van der Waals surface area contributed by atoms with Crippen LogP contribution >= 0.6 is 0 Å². The van der Waals surface area contributed by atoms with Crippen LogP contribution in [0, 0.1) is 0 Å². The summed E-state index contributed by atoms with van der Waals surface area (Å²) in [6, 6.07) is 6.19. The van der Waals surface area contributed by atoms with Gasteiger partial charge in [0.25, 0.3) is 0 Å². The van der Waals surface area contributed by atoms with Crippen molar-refractivity contribution in [2.75, 3.05) is 41.3 Å². The zero-order valence-electron chi connectivity index (χ0n) is 13.1. The summed E-state index contributed by atoms with van der Waals surface area (Å²) in [6.07, 6.45) is 2.83. The minimum absolute atomic E-state index is 0.902. The summed E-state index contributed by atoms with van der Waals surface area (Å²) >= 11 is 0. The van der Waals surface area contributed by atoms with Gasteiger partial charge in [-0.05, 0) is 54.1 Å². The predicted octanol–water partition coefficient (Wildman–Crippen LogP) is 1.75. The SMILES string of the molecule is CN(C)CCC[Si](C)(CC[SiH3])CCCN(C)C. The molecule has 0 saturated carbocycles. The first-order chi connectivity index (χ1) is 7.89. The molecule has 0 aliphatic heterocycles. The van der Waals surface area contributed by atoms with Crippen molar-refractivity contribution in [1.29, 1.82) is 0 Å². The fourth-order valence-corrected chi connectivity index (χ4v) is 10.2. The van der Waals surface area contributed by atoms with Crippen molar-refractivity contribution < 1.29 is 0 Å². The van der Waals surface area contributed by atoms with E-state index in [4.69, 9.17) is 0 Å². The first-order valence-electron chi connectivity index (χ1n) is 7.19. The highest BCUT2D eigenvalue weighted by molar-refractivity contribution is 6.79. The van der Waals surface area contributed by atoms with Gasteiger partial charge in [0.1, 0.15) is 0 Å². The smallest absolute Gasteiger partial charge is 0.0502 e. The van der Waals surface area contributed by atoms with Gasteiger partial charge in [-0.2, -0.15) is 0 Å². The molecule has 104 valence electrons. The lowest BCUT2D eigenvalue weighted by molar-refractivity contribution is 0.403. The normalized spacial score (nSPS) is 12.9. The summed E-state index contributed by atoms with van der Waals surface area (Å²) in [4.78, 5) is 4.66. The van der Waals surface area contributed by atoms with Crippen molar-refractivity contribution in [3.8, 4) is 0 Å². The second-order valence-electron chi connectivity index (χ2n) is 6.37. The topological polar surface area (TPSA) is 6.48 Å². The summed E-state index contributed by atoms with van der Waals surface area (Å²) in [5.74, 6) is 0. The molecule has 0 aromatic heterocycles. The van der Waals surface area contributed by atoms with Gasteiger partial charge in [0, 0.05) is 10.2 Å². The van der Waals surface area contributed by atoms with Crippen molar-refractivity contribution in [3.05, 3.63) is 0 Å². The highest BCUT2D eigenvalue weighted by atomic mass is 28.3. The van der Waals surface area contributed by atoms with Gasteiger partial charge < -0.3 is 9.80 Å². The molecule has 0 amide bonds. The van der Waals surface area contributed by atoms with Crippen molar-refractivity contribution >= 4 is 18.3 Å². The van der Waals surface area contributed by atoms with E-state index < -0.39 is 8.07 Å². The molecule has 0 bridgehead atoms. The summed E-state index contributed by atoms with van der Waals surface area (Å²) in [6.45, 7) is 5.20. The van der Waals surface area contributed by atoms with Gasteiger partial charge in [-0.15, -0.1) is 0 Å². The van der Waals surface area contributed by atoms with Crippen LogP contribution in [0.25, 0.3) is 0 Å². The lowest BCUT2D eigenvalue weighted by Gasteiger charge is -2.28. The van der Waals surface area contributed by atoms with E-state index in [9.17, 15) is 0 Å². The maximum atomic E-state index is 2.65. The fraction of sp³-hybridized carbons (Fsp3) is 1.00. The zero-order chi connectivity index (χ0) is 13.3. The van der Waals surface area contributed by atoms with Gasteiger partial charge in [0.15, 0.2) is 0 Å². The van der Waals surface area contributed by atoms with E-state index in [1.54, 1.807) is 18.1 Å². The third-order valence-electron chi connectivity index (χ3n) is 3.62.